The molecule has 0 aliphatic carbocycles. The van der Waals surface area contributed by atoms with Crippen molar-refractivity contribution < 1.29 is 19.2 Å². The second kappa shape index (κ2) is 8.03. The molecule has 1 N–H and O–H groups in total. The Bertz CT molecular complexity index is 888. The van der Waals surface area contributed by atoms with E-state index in [1.807, 2.05) is 0 Å². The molecule has 0 saturated heterocycles. The zero-order chi connectivity index (χ0) is 19.4. The van der Waals surface area contributed by atoms with Gasteiger partial charge in [0.15, 0.2) is 0 Å². The number of methoxy groups -OCH3 is 1. The number of benzene rings is 2. The molecular weight excluding hydrogens is 385 g/mol. The van der Waals surface area contributed by atoms with Crippen molar-refractivity contribution >= 4 is 52.3 Å². The average Bonchev–Trinajstić information content (AvgIpc) is 2.61. The molecule has 0 bridgehead atoms. The van der Waals surface area contributed by atoms with Gasteiger partial charge in [0, 0.05) is 24.2 Å². The van der Waals surface area contributed by atoms with E-state index in [0.717, 1.165) is 11.0 Å². The largest absolute Gasteiger partial charge is 0.452 e. The first-order valence-electron chi connectivity index (χ1n) is 7.11. The van der Waals surface area contributed by atoms with Crippen LogP contribution in [0.25, 0.3) is 0 Å². The van der Waals surface area contributed by atoms with E-state index in [1.54, 1.807) is 0 Å². The number of hydrogen-bond donors (Lipinski definition) is 1. The second-order valence-electron chi connectivity index (χ2n) is 5.07. The van der Waals surface area contributed by atoms with Crippen molar-refractivity contribution in [2.45, 2.75) is 0 Å². The van der Waals surface area contributed by atoms with Crippen molar-refractivity contribution in [2.24, 2.45) is 0 Å². The number of halogens is 2. The topological polar surface area (TPSA) is 102 Å². The molecule has 0 fully saturated rings. The Morgan fingerprint density at radius 3 is 2.46 bits per heavy atom. The third kappa shape index (κ3) is 4.22. The highest BCUT2D eigenvalue weighted by Crippen LogP contribution is 2.29. The number of rotatable bonds is 4. The lowest BCUT2D eigenvalue weighted by Crippen LogP contribution is -2.28. The van der Waals surface area contributed by atoms with Gasteiger partial charge in [-0.1, -0.05) is 23.2 Å². The minimum atomic E-state index is -0.672. The van der Waals surface area contributed by atoms with Gasteiger partial charge in [0.1, 0.15) is 0 Å². The summed E-state index contributed by atoms with van der Waals surface area (Å²) in [6.07, 6.45) is -0.672. The lowest BCUT2D eigenvalue weighted by atomic mass is 10.1. The van der Waals surface area contributed by atoms with Crippen LogP contribution in [0.5, 0.6) is 0 Å². The standard InChI is InChI=1S/C16H13Cl2N3O5/c1-20(16(23)26-2)14-6-3-9(17)7-11(14)15(22)19-13-5-4-10(21(24)25)8-12(13)18/h3-8H,1-2H3,(H,19,22). The zero-order valence-electron chi connectivity index (χ0n) is 13.7. The Morgan fingerprint density at radius 1 is 1.19 bits per heavy atom. The Morgan fingerprint density at radius 2 is 1.88 bits per heavy atom. The third-order valence-corrected chi connectivity index (χ3v) is 3.97. The van der Waals surface area contributed by atoms with E-state index >= 15 is 0 Å². The van der Waals surface area contributed by atoms with Crippen molar-refractivity contribution in [3.05, 3.63) is 62.1 Å². The maximum absolute atomic E-state index is 12.6. The van der Waals surface area contributed by atoms with Gasteiger partial charge < -0.3 is 10.1 Å². The molecule has 0 aliphatic heterocycles. The van der Waals surface area contributed by atoms with E-state index in [0.29, 0.717) is 0 Å². The number of hydrogen-bond acceptors (Lipinski definition) is 5. The molecular formula is C16H13Cl2N3O5. The monoisotopic (exact) mass is 397 g/mol. The lowest BCUT2D eigenvalue weighted by Gasteiger charge is -2.19. The van der Waals surface area contributed by atoms with Crippen LogP contribution in [-0.4, -0.2) is 31.1 Å². The van der Waals surface area contributed by atoms with Crippen LogP contribution in [0.2, 0.25) is 10.0 Å². The van der Waals surface area contributed by atoms with Crippen molar-refractivity contribution in [3.8, 4) is 0 Å². The molecule has 0 aromatic heterocycles. The molecule has 0 heterocycles. The van der Waals surface area contributed by atoms with Crippen molar-refractivity contribution in [1.82, 2.24) is 0 Å². The van der Waals surface area contributed by atoms with Crippen LogP contribution >= 0.6 is 23.2 Å². The summed E-state index contributed by atoms with van der Waals surface area (Å²) in [5.74, 6) is -0.603. The number of anilines is 2. The fraction of sp³-hybridized carbons (Fsp3) is 0.125. The first-order valence-corrected chi connectivity index (χ1v) is 7.86. The highest BCUT2D eigenvalue weighted by Gasteiger charge is 2.21. The maximum atomic E-state index is 12.6. The number of nitro groups is 1. The summed E-state index contributed by atoms with van der Waals surface area (Å²) in [6.45, 7) is 0. The molecule has 10 heteroatoms. The van der Waals surface area contributed by atoms with Crippen LogP contribution in [0.1, 0.15) is 10.4 Å². The highest BCUT2D eigenvalue weighted by molar-refractivity contribution is 6.34. The number of nitro benzene ring substituents is 1. The zero-order valence-corrected chi connectivity index (χ0v) is 15.2. The van der Waals surface area contributed by atoms with Gasteiger partial charge in [-0.2, -0.15) is 0 Å². The van der Waals surface area contributed by atoms with Gasteiger partial charge in [-0.15, -0.1) is 0 Å². The van der Waals surface area contributed by atoms with Crippen LogP contribution in [0.15, 0.2) is 36.4 Å². The van der Waals surface area contributed by atoms with E-state index in [-0.39, 0.29) is 32.7 Å². The maximum Gasteiger partial charge on any atom is 0.413 e. The third-order valence-electron chi connectivity index (χ3n) is 3.42. The van der Waals surface area contributed by atoms with E-state index in [2.05, 4.69) is 10.1 Å². The number of ether oxygens (including phenoxy) is 1. The Kier molecular flexibility index (Phi) is 6.01. The molecule has 2 aromatic rings. The van der Waals surface area contributed by atoms with Crippen molar-refractivity contribution in [2.75, 3.05) is 24.4 Å². The second-order valence-corrected chi connectivity index (χ2v) is 5.91. The SMILES string of the molecule is COC(=O)N(C)c1ccc(Cl)cc1C(=O)Nc1ccc([N+](=O)[O-])cc1Cl. The number of nitrogens with zero attached hydrogens (tertiary/aromatic N) is 2. The Balaban J connectivity index is 2.37. The molecule has 0 aliphatic rings. The normalized spacial score (nSPS) is 10.2. The minimum Gasteiger partial charge on any atom is -0.452 e. The molecule has 2 amide bonds. The number of carbonyl (C=O) groups excluding carboxylic acids is 2. The summed E-state index contributed by atoms with van der Waals surface area (Å²) < 4.78 is 4.64. The fourth-order valence-electron chi connectivity index (χ4n) is 2.13. The summed E-state index contributed by atoms with van der Waals surface area (Å²) in [4.78, 5) is 35.7. The molecule has 0 spiro atoms. The van der Waals surface area contributed by atoms with Crippen molar-refractivity contribution in [3.63, 3.8) is 0 Å². The minimum absolute atomic E-state index is 0.00236. The van der Waals surface area contributed by atoms with Crippen LogP contribution in [0.4, 0.5) is 21.9 Å². The molecule has 136 valence electrons. The van der Waals surface area contributed by atoms with E-state index in [4.69, 9.17) is 23.2 Å². The first kappa shape index (κ1) is 19.5. The van der Waals surface area contributed by atoms with Gasteiger partial charge in [-0.3, -0.25) is 19.8 Å². The van der Waals surface area contributed by atoms with Crippen LogP contribution < -0.4 is 10.2 Å². The number of carbonyl (C=O) groups is 2. The van der Waals surface area contributed by atoms with Gasteiger partial charge in [0.2, 0.25) is 0 Å². The predicted molar refractivity (Wildman–Crippen MR) is 98.3 cm³/mol. The van der Waals surface area contributed by atoms with Gasteiger partial charge in [0.05, 0.1) is 34.0 Å². The lowest BCUT2D eigenvalue weighted by molar-refractivity contribution is -0.384. The van der Waals surface area contributed by atoms with Gasteiger partial charge in [-0.25, -0.2) is 4.79 Å². The summed E-state index contributed by atoms with van der Waals surface area (Å²) >= 11 is 11.9. The molecule has 0 atom stereocenters. The quantitative estimate of drug-likeness (QED) is 0.609. The number of non-ortho nitro benzene ring substituents is 1. The molecule has 0 radical (unpaired) electrons. The molecule has 26 heavy (non-hydrogen) atoms. The van der Waals surface area contributed by atoms with Crippen LogP contribution in [0, 0.1) is 10.1 Å². The highest BCUT2D eigenvalue weighted by atomic mass is 35.5. The van der Waals surface area contributed by atoms with E-state index < -0.39 is 16.9 Å². The summed E-state index contributed by atoms with van der Waals surface area (Å²) in [6, 6.07) is 8.03. The average molecular weight is 398 g/mol. The molecule has 0 saturated carbocycles. The first-order chi connectivity index (χ1) is 12.2. The number of amides is 2. The number of nitrogens with one attached hydrogen (secondary N) is 1. The van der Waals surface area contributed by atoms with Gasteiger partial charge in [-0.05, 0) is 24.3 Å². The van der Waals surface area contributed by atoms with Crippen molar-refractivity contribution in [1.29, 1.82) is 0 Å². The van der Waals surface area contributed by atoms with Gasteiger partial charge >= 0.3 is 6.09 Å². The molecule has 0 unspecified atom stereocenters. The predicted octanol–water partition coefficient (Wildman–Crippen LogP) is 4.36. The Labute approximate surface area is 158 Å². The summed E-state index contributed by atoms with van der Waals surface area (Å²) in [7, 11) is 2.65. The fourth-order valence-corrected chi connectivity index (χ4v) is 2.52. The van der Waals surface area contributed by atoms with Gasteiger partial charge in [0.25, 0.3) is 11.6 Å². The van der Waals surface area contributed by atoms with E-state index in [9.17, 15) is 19.7 Å². The summed E-state index contributed by atoms with van der Waals surface area (Å²) in [5, 5.41) is 13.6. The van der Waals surface area contributed by atoms with Crippen LogP contribution in [-0.2, 0) is 4.74 Å². The molecule has 2 aromatic carbocycles. The Hall–Kier alpha value is -2.84. The summed E-state index contributed by atoms with van der Waals surface area (Å²) in [5.41, 5.74) is 0.326. The molecule has 8 nitrogen and oxygen atoms in total. The van der Waals surface area contributed by atoms with Crippen LogP contribution in [0.3, 0.4) is 0 Å². The van der Waals surface area contributed by atoms with E-state index in [1.165, 1.54) is 44.5 Å². The smallest absolute Gasteiger partial charge is 0.413 e. The molecule has 2 rings (SSSR count).